The molecule has 0 aromatic heterocycles. The highest BCUT2D eigenvalue weighted by molar-refractivity contribution is 6.30. The third kappa shape index (κ3) is 3.19. The number of rotatable bonds is 4. The summed E-state index contributed by atoms with van der Waals surface area (Å²) in [6, 6.07) is 10.6. The number of benzene rings is 2. The molecule has 2 aromatic carbocycles. The lowest BCUT2D eigenvalue weighted by molar-refractivity contribution is 0.285. The summed E-state index contributed by atoms with van der Waals surface area (Å²) < 4.78 is 19.6. The van der Waals surface area contributed by atoms with Gasteiger partial charge in [-0.1, -0.05) is 23.7 Å². The van der Waals surface area contributed by atoms with Gasteiger partial charge >= 0.3 is 0 Å². The van der Waals surface area contributed by atoms with Crippen molar-refractivity contribution in [2.24, 2.45) is 5.73 Å². The molecule has 3 N–H and O–H groups in total. The summed E-state index contributed by atoms with van der Waals surface area (Å²) in [6.45, 7) is 3.21. The van der Waals surface area contributed by atoms with E-state index >= 15 is 0 Å². The van der Waals surface area contributed by atoms with Crippen LogP contribution < -0.4 is 11.1 Å². The van der Waals surface area contributed by atoms with Crippen molar-refractivity contribution in [1.29, 1.82) is 0 Å². The maximum atomic E-state index is 13.7. The second-order valence-corrected chi connectivity index (χ2v) is 5.90. The van der Waals surface area contributed by atoms with Crippen LogP contribution in [-0.4, -0.2) is 13.2 Å². The molecule has 23 heavy (non-hydrogen) atoms. The Kier molecular flexibility index (Phi) is 4.55. The lowest BCUT2D eigenvalue weighted by atomic mass is 9.94. The van der Waals surface area contributed by atoms with Crippen LogP contribution in [0.2, 0.25) is 5.02 Å². The average Bonchev–Trinajstić information content (AvgIpc) is 2.52. The molecule has 0 atom stereocenters. The number of nitrogens with one attached hydrogen (secondary N) is 1. The molecule has 0 unspecified atom stereocenters. The van der Waals surface area contributed by atoms with Crippen molar-refractivity contribution in [3.05, 3.63) is 69.5 Å². The van der Waals surface area contributed by atoms with Gasteiger partial charge in [0.1, 0.15) is 12.4 Å². The molecule has 3 nitrogen and oxygen atoms in total. The summed E-state index contributed by atoms with van der Waals surface area (Å²) >= 11 is 6.11. The molecule has 2 aromatic rings. The molecule has 0 bridgehead atoms. The lowest BCUT2D eigenvalue weighted by Crippen LogP contribution is -2.23. The average molecular weight is 333 g/mol. The Labute approximate surface area is 139 Å². The molecule has 1 heterocycles. The molecule has 0 amide bonds. The van der Waals surface area contributed by atoms with Crippen LogP contribution in [0, 0.1) is 12.7 Å². The minimum absolute atomic E-state index is 0.243. The van der Waals surface area contributed by atoms with Crippen LogP contribution in [0.3, 0.4) is 0 Å². The van der Waals surface area contributed by atoms with Gasteiger partial charge in [0.2, 0.25) is 0 Å². The van der Waals surface area contributed by atoms with Gasteiger partial charge < -0.3 is 15.8 Å². The fourth-order valence-electron chi connectivity index (χ4n) is 2.85. The second kappa shape index (κ2) is 6.60. The zero-order chi connectivity index (χ0) is 16.4. The molecule has 0 fully saturated rings. The van der Waals surface area contributed by atoms with E-state index in [-0.39, 0.29) is 5.82 Å². The first kappa shape index (κ1) is 15.8. The molecule has 1 aliphatic heterocycles. The van der Waals surface area contributed by atoms with E-state index in [1.165, 1.54) is 12.1 Å². The topological polar surface area (TPSA) is 47.3 Å². The van der Waals surface area contributed by atoms with E-state index < -0.39 is 0 Å². The molecule has 0 spiro atoms. The van der Waals surface area contributed by atoms with Gasteiger partial charge in [-0.3, -0.25) is 0 Å². The summed E-state index contributed by atoms with van der Waals surface area (Å²) in [4.78, 5) is 0. The van der Waals surface area contributed by atoms with Crippen LogP contribution in [0.4, 0.5) is 4.39 Å². The number of fused-ring (bicyclic) bond motifs is 1. The van der Waals surface area contributed by atoms with Crippen molar-refractivity contribution in [2.45, 2.75) is 13.5 Å². The van der Waals surface area contributed by atoms with E-state index in [9.17, 15) is 4.39 Å². The Morgan fingerprint density at radius 1 is 1.30 bits per heavy atom. The maximum absolute atomic E-state index is 13.7. The van der Waals surface area contributed by atoms with E-state index in [2.05, 4.69) is 5.32 Å². The van der Waals surface area contributed by atoms with Gasteiger partial charge in [0.05, 0.1) is 5.70 Å². The number of nitrogens with two attached hydrogens (primary N) is 1. The van der Waals surface area contributed by atoms with Crippen LogP contribution in [0.25, 0.3) is 11.5 Å². The van der Waals surface area contributed by atoms with Gasteiger partial charge in [0.25, 0.3) is 0 Å². The second-order valence-electron chi connectivity index (χ2n) is 5.46. The van der Waals surface area contributed by atoms with E-state index in [1.807, 2.05) is 31.2 Å². The predicted molar refractivity (Wildman–Crippen MR) is 91.2 cm³/mol. The van der Waals surface area contributed by atoms with Crippen molar-refractivity contribution >= 4 is 23.1 Å². The third-order valence-corrected chi connectivity index (χ3v) is 4.00. The predicted octanol–water partition coefficient (Wildman–Crippen LogP) is 3.69. The Balaban J connectivity index is 2.18. The van der Waals surface area contributed by atoms with Crippen LogP contribution in [0.5, 0.6) is 0 Å². The van der Waals surface area contributed by atoms with Crippen LogP contribution in [0.15, 0.2) is 36.4 Å². The van der Waals surface area contributed by atoms with Gasteiger partial charge in [0, 0.05) is 29.2 Å². The standard InChI is InChI=1S/C18H18ClFN2O/c1-11-7-15(20)9-13-10-22-17(12-3-2-4-14(19)8-12)18(16(11)13)23-6-5-21/h2-4,7-9,22H,5-6,10,21H2,1H3. The molecule has 0 aliphatic carbocycles. The minimum atomic E-state index is -0.243. The highest BCUT2D eigenvalue weighted by atomic mass is 35.5. The summed E-state index contributed by atoms with van der Waals surface area (Å²) in [5.41, 5.74) is 10.0. The fourth-order valence-corrected chi connectivity index (χ4v) is 3.04. The Bertz CT molecular complexity index is 774. The first-order valence-corrected chi connectivity index (χ1v) is 7.84. The van der Waals surface area contributed by atoms with Crippen molar-refractivity contribution in [2.75, 3.05) is 13.2 Å². The first-order valence-electron chi connectivity index (χ1n) is 7.46. The Morgan fingerprint density at radius 3 is 2.87 bits per heavy atom. The smallest absolute Gasteiger partial charge is 0.150 e. The number of hydrogen-bond acceptors (Lipinski definition) is 3. The number of halogens is 2. The quantitative estimate of drug-likeness (QED) is 0.897. The summed E-state index contributed by atoms with van der Waals surface area (Å²) in [7, 11) is 0. The summed E-state index contributed by atoms with van der Waals surface area (Å²) in [5.74, 6) is 0.448. The van der Waals surface area contributed by atoms with Gasteiger partial charge in [-0.25, -0.2) is 4.39 Å². The number of ether oxygens (including phenoxy) is 1. The molecule has 3 rings (SSSR count). The first-order chi connectivity index (χ1) is 11.1. The summed E-state index contributed by atoms with van der Waals surface area (Å²) in [5, 5.41) is 3.97. The number of aryl methyl sites for hydroxylation is 1. The maximum Gasteiger partial charge on any atom is 0.150 e. The van der Waals surface area contributed by atoms with E-state index in [0.29, 0.717) is 30.5 Å². The molecule has 5 heteroatoms. The molecular weight excluding hydrogens is 315 g/mol. The molecule has 0 saturated heterocycles. The SMILES string of the molecule is Cc1cc(F)cc2c1C(OCCN)=C(c1cccc(Cl)c1)NC2. The van der Waals surface area contributed by atoms with Crippen LogP contribution >= 0.6 is 11.6 Å². The largest absolute Gasteiger partial charge is 0.489 e. The van der Waals surface area contributed by atoms with Crippen LogP contribution in [-0.2, 0) is 11.3 Å². The normalized spacial score (nSPS) is 13.6. The molecule has 0 saturated carbocycles. The molecule has 0 radical (unpaired) electrons. The van der Waals surface area contributed by atoms with Gasteiger partial charge in [-0.15, -0.1) is 0 Å². The molecule has 120 valence electrons. The lowest BCUT2D eigenvalue weighted by Gasteiger charge is -2.27. The van der Waals surface area contributed by atoms with E-state index in [0.717, 1.165) is 28.0 Å². The Hall–Kier alpha value is -2.04. The van der Waals surface area contributed by atoms with Crippen molar-refractivity contribution in [1.82, 2.24) is 5.32 Å². The molecule has 1 aliphatic rings. The highest BCUT2D eigenvalue weighted by Gasteiger charge is 2.24. The van der Waals surface area contributed by atoms with Gasteiger partial charge in [-0.2, -0.15) is 0 Å². The zero-order valence-corrected chi connectivity index (χ0v) is 13.6. The van der Waals surface area contributed by atoms with Gasteiger partial charge in [0.15, 0.2) is 5.76 Å². The van der Waals surface area contributed by atoms with E-state index in [1.54, 1.807) is 0 Å². The third-order valence-electron chi connectivity index (χ3n) is 3.77. The number of hydrogen-bond donors (Lipinski definition) is 2. The fraction of sp³-hybridized carbons (Fsp3) is 0.222. The highest BCUT2D eigenvalue weighted by Crippen LogP contribution is 2.35. The van der Waals surface area contributed by atoms with Crippen LogP contribution in [0.1, 0.15) is 22.3 Å². The zero-order valence-electron chi connectivity index (χ0n) is 12.8. The Morgan fingerprint density at radius 2 is 2.13 bits per heavy atom. The van der Waals surface area contributed by atoms with Crippen molar-refractivity contribution < 1.29 is 9.13 Å². The van der Waals surface area contributed by atoms with Crippen molar-refractivity contribution in [3.63, 3.8) is 0 Å². The minimum Gasteiger partial charge on any atom is -0.489 e. The van der Waals surface area contributed by atoms with Crippen molar-refractivity contribution in [3.8, 4) is 0 Å². The summed E-state index contributed by atoms with van der Waals surface area (Å²) in [6.07, 6.45) is 0. The molecular formula is C18H18ClFN2O. The van der Waals surface area contributed by atoms with E-state index in [4.69, 9.17) is 22.1 Å². The monoisotopic (exact) mass is 332 g/mol. The van der Waals surface area contributed by atoms with Gasteiger partial charge in [-0.05, 0) is 42.3 Å².